The second-order valence-electron chi connectivity index (χ2n) is 9.49. The van der Waals surface area contributed by atoms with Crippen LogP contribution < -0.4 is 4.74 Å². The van der Waals surface area contributed by atoms with E-state index in [2.05, 4.69) is 50.8 Å². The Kier molecular flexibility index (Phi) is 3.22. The lowest BCUT2D eigenvalue weighted by atomic mass is 9.48. The van der Waals surface area contributed by atoms with Gasteiger partial charge in [0.1, 0.15) is 5.75 Å². The van der Waals surface area contributed by atoms with Gasteiger partial charge in [0, 0.05) is 16.7 Å². The molecule has 5 rings (SSSR count). The summed E-state index contributed by atoms with van der Waals surface area (Å²) in [4.78, 5) is 0. The fourth-order valence-corrected chi connectivity index (χ4v) is 7.40. The molecule has 0 unspecified atom stereocenters. The Labute approximate surface area is 157 Å². The lowest BCUT2D eigenvalue weighted by Gasteiger charge is -2.56. The molecule has 2 heteroatoms. The smallest absolute Gasteiger partial charge is 0.119 e. The molecule has 26 heavy (non-hydrogen) atoms. The molecule has 0 spiro atoms. The third kappa shape index (κ3) is 1.68. The summed E-state index contributed by atoms with van der Waals surface area (Å²) < 4.78 is 5.45. The van der Waals surface area contributed by atoms with Crippen LogP contribution in [0.25, 0.3) is 0 Å². The zero-order valence-electron chi connectivity index (χ0n) is 16.2. The number of hydrogen-bond acceptors (Lipinski definition) is 2. The van der Waals surface area contributed by atoms with Gasteiger partial charge in [-0.05, 0) is 74.1 Å². The molecule has 0 saturated heterocycles. The number of rotatable bonds is 2. The molecule has 2 bridgehead atoms. The first-order valence-electron chi connectivity index (χ1n) is 10.1. The Balaban J connectivity index is 1.61. The van der Waals surface area contributed by atoms with Gasteiger partial charge in [-0.25, -0.2) is 0 Å². The van der Waals surface area contributed by atoms with Crippen LogP contribution in [0.15, 0.2) is 42.5 Å². The van der Waals surface area contributed by atoms with E-state index in [9.17, 15) is 5.11 Å². The van der Waals surface area contributed by atoms with E-state index >= 15 is 0 Å². The molecule has 0 aromatic heterocycles. The Morgan fingerprint density at radius 1 is 1.27 bits per heavy atom. The normalized spacial score (nSPS) is 45.0. The van der Waals surface area contributed by atoms with E-state index in [1.807, 2.05) is 0 Å². The Hall–Kier alpha value is -1.54. The van der Waals surface area contributed by atoms with Gasteiger partial charge in [0.05, 0.1) is 12.7 Å². The Bertz CT molecular complexity index is 823. The summed E-state index contributed by atoms with van der Waals surface area (Å²) in [7, 11) is 1.75. The fourth-order valence-electron chi connectivity index (χ4n) is 7.40. The van der Waals surface area contributed by atoms with Crippen LogP contribution in [0.2, 0.25) is 0 Å². The molecule has 0 heterocycles. The van der Waals surface area contributed by atoms with Crippen LogP contribution in [0.1, 0.15) is 56.6 Å². The largest absolute Gasteiger partial charge is 0.497 e. The molecule has 1 aromatic rings. The van der Waals surface area contributed by atoms with Gasteiger partial charge in [-0.1, -0.05) is 37.3 Å². The fraction of sp³-hybridized carbons (Fsp3) is 0.583. The summed E-state index contributed by atoms with van der Waals surface area (Å²) in [6.45, 7) is 8.70. The minimum atomic E-state index is -0.704. The van der Waals surface area contributed by atoms with Crippen molar-refractivity contribution in [3.8, 4) is 5.75 Å². The van der Waals surface area contributed by atoms with Gasteiger partial charge in [0.2, 0.25) is 0 Å². The van der Waals surface area contributed by atoms with Crippen molar-refractivity contribution in [3.05, 3.63) is 53.6 Å². The highest BCUT2D eigenvalue weighted by molar-refractivity contribution is 5.46. The predicted molar refractivity (Wildman–Crippen MR) is 104 cm³/mol. The molecular weight excluding hydrogens is 320 g/mol. The SMILES string of the molecule is C=C(C)[C@@H]1C[C@]23C=C[C@@]1(O)[C@@]2(C)CC[C@@H]1c2ccc(OC)cc2CC[C@H]13. The molecule has 4 aliphatic carbocycles. The van der Waals surface area contributed by atoms with Gasteiger partial charge in [-0.3, -0.25) is 0 Å². The maximum absolute atomic E-state index is 11.7. The number of fused-ring (bicyclic) bond motifs is 3. The van der Waals surface area contributed by atoms with Gasteiger partial charge in [0.15, 0.2) is 0 Å². The van der Waals surface area contributed by atoms with Crippen LogP contribution in [0.5, 0.6) is 5.75 Å². The number of aliphatic hydroxyl groups is 1. The third-order valence-corrected chi connectivity index (χ3v) is 8.79. The number of aryl methyl sites for hydroxylation is 1. The second-order valence-corrected chi connectivity index (χ2v) is 9.49. The molecule has 2 fully saturated rings. The first kappa shape index (κ1) is 16.6. The predicted octanol–water partition coefficient (Wildman–Crippen LogP) is 5.02. The maximum atomic E-state index is 11.7. The van der Waals surface area contributed by atoms with Crippen LogP contribution in [0.4, 0.5) is 0 Å². The van der Waals surface area contributed by atoms with E-state index in [1.165, 1.54) is 24.0 Å². The van der Waals surface area contributed by atoms with Crippen LogP contribution >= 0.6 is 0 Å². The van der Waals surface area contributed by atoms with E-state index in [0.29, 0.717) is 11.8 Å². The molecule has 0 aliphatic heterocycles. The molecule has 1 N–H and O–H groups in total. The summed E-state index contributed by atoms with van der Waals surface area (Å²) in [5.41, 5.74) is 3.51. The van der Waals surface area contributed by atoms with Gasteiger partial charge in [-0.15, -0.1) is 0 Å². The lowest BCUT2D eigenvalue weighted by molar-refractivity contribution is -0.0941. The van der Waals surface area contributed by atoms with Gasteiger partial charge < -0.3 is 9.84 Å². The van der Waals surface area contributed by atoms with Crippen molar-refractivity contribution >= 4 is 0 Å². The lowest BCUT2D eigenvalue weighted by Crippen LogP contribution is -2.53. The van der Waals surface area contributed by atoms with Crippen LogP contribution in [-0.2, 0) is 6.42 Å². The van der Waals surface area contributed by atoms with E-state index in [1.54, 1.807) is 7.11 Å². The van der Waals surface area contributed by atoms with Gasteiger partial charge in [0.25, 0.3) is 0 Å². The Morgan fingerprint density at radius 2 is 2.08 bits per heavy atom. The van der Waals surface area contributed by atoms with Crippen molar-refractivity contribution < 1.29 is 9.84 Å². The maximum Gasteiger partial charge on any atom is 0.119 e. The minimum absolute atomic E-state index is 0.0469. The highest BCUT2D eigenvalue weighted by Gasteiger charge is 2.74. The average Bonchev–Trinajstić information content (AvgIpc) is 3.00. The second kappa shape index (κ2) is 5.04. The third-order valence-electron chi connectivity index (χ3n) is 8.79. The first-order valence-corrected chi connectivity index (χ1v) is 10.1. The number of methoxy groups -OCH3 is 1. The van der Waals surface area contributed by atoms with Crippen LogP contribution in [-0.4, -0.2) is 17.8 Å². The van der Waals surface area contributed by atoms with Crippen molar-refractivity contribution in [2.75, 3.05) is 7.11 Å². The van der Waals surface area contributed by atoms with Crippen LogP contribution in [0.3, 0.4) is 0 Å². The van der Waals surface area contributed by atoms with Crippen molar-refractivity contribution in [3.63, 3.8) is 0 Å². The number of hydrogen-bond donors (Lipinski definition) is 1. The molecule has 2 saturated carbocycles. The molecule has 4 aliphatic rings. The summed E-state index contributed by atoms with van der Waals surface area (Å²) in [5, 5.41) is 11.7. The highest BCUT2D eigenvalue weighted by atomic mass is 16.5. The van der Waals surface area contributed by atoms with E-state index in [4.69, 9.17) is 4.74 Å². The van der Waals surface area contributed by atoms with Gasteiger partial charge in [-0.2, -0.15) is 0 Å². The number of benzene rings is 1. The standard InChI is InChI=1S/C24H30O2/c1-15(2)21-14-23-11-12-24(21,25)22(23,3)10-9-19-18-7-6-17(26-4)13-16(18)5-8-20(19)23/h6-7,11-13,19-21,25H,1,5,8-10,14H2,2-4H3/t19-,20-,21+,22+,23+,24+/m1/s1. The minimum Gasteiger partial charge on any atom is -0.497 e. The molecule has 1 aromatic carbocycles. The first-order chi connectivity index (χ1) is 12.4. The monoisotopic (exact) mass is 350 g/mol. The number of allylic oxidation sites excluding steroid dienone is 1. The summed E-state index contributed by atoms with van der Waals surface area (Å²) in [5.74, 6) is 2.40. The number of ether oxygens (including phenoxy) is 1. The van der Waals surface area contributed by atoms with Crippen molar-refractivity contribution in [2.24, 2.45) is 22.7 Å². The summed E-state index contributed by atoms with van der Waals surface area (Å²) >= 11 is 0. The molecule has 0 amide bonds. The van der Waals surface area contributed by atoms with E-state index < -0.39 is 5.60 Å². The average molecular weight is 351 g/mol. The highest BCUT2D eigenvalue weighted by Crippen LogP contribution is 2.77. The van der Waals surface area contributed by atoms with Crippen LogP contribution in [0, 0.1) is 22.7 Å². The van der Waals surface area contributed by atoms with Crippen molar-refractivity contribution in [1.29, 1.82) is 0 Å². The van der Waals surface area contributed by atoms with Crippen molar-refractivity contribution in [1.82, 2.24) is 0 Å². The van der Waals surface area contributed by atoms with Gasteiger partial charge >= 0.3 is 0 Å². The molecule has 0 radical (unpaired) electrons. The Morgan fingerprint density at radius 3 is 2.81 bits per heavy atom. The molecule has 2 nitrogen and oxygen atoms in total. The van der Waals surface area contributed by atoms with E-state index in [-0.39, 0.29) is 16.7 Å². The van der Waals surface area contributed by atoms with E-state index in [0.717, 1.165) is 30.6 Å². The molecule has 138 valence electrons. The summed E-state index contributed by atoms with van der Waals surface area (Å²) in [6, 6.07) is 6.67. The molecule has 6 atom stereocenters. The summed E-state index contributed by atoms with van der Waals surface area (Å²) in [6.07, 6.45) is 10.2. The topological polar surface area (TPSA) is 29.5 Å². The zero-order valence-corrected chi connectivity index (χ0v) is 16.2. The zero-order chi connectivity index (χ0) is 18.3. The van der Waals surface area contributed by atoms with Crippen molar-refractivity contribution in [2.45, 2.75) is 57.5 Å². The quantitative estimate of drug-likeness (QED) is 0.759. The molecular formula is C24H30O2.